The van der Waals surface area contributed by atoms with E-state index < -0.39 is 29.9 Å². The number of carboxylic acids is 1. The van der Waals surface area contributed by atoms with Crippen molar-refractivity contribution in [2.45, 2.75) is 18.4 Å². The number of dihydropyridines is 1. The number of allylic oxidation sites excluding steroid dienone is 2. The number of carboxylic acid groups (broad SMARTS) is 1. The number of nitrogens with one attached hydrogen (secondary N) is 2. The van der Waals surface area contributed by atoms with Gasteiger partial charge in [0.1, 0.15) is 12.2 Å². The minimum atomic E-state index is -4.68. The Morgan fingerprint density at radius 1 is 1.39 bits per heavy atom. The van der Waals surface area contributed by atoms with Crippen molar-refractivity contribution < 1.29 is 23.1 Å². The molecular weight excluding hydrogens is 273 g/mol. The first-order valence-corrected chi connectivity index (χ1v) is 5.28. The Morgan fingerprint density at radius 2 is 2.06 bits per heavy atom. The summed E-state index contributed by atoms with van der Waals surface area (Å²) in [6, 6.07) is -2.21. The van der Waals surface area contributed by atoms with Crippen molar-refractivity contribution in [2.24, 2.45) is 0 Å². The molecule has 0 aliphatic carbocycles. The molecule has 18 heavy (non-hydrogen) atoms. The molecule has 0 amide bonds. The topological polar surface area (TPSA) is 61.4 Å². The summed E-state index contributed by atoms with van der Waals surface area (Å²) in [5, 5.41) is 13.9. The van der Waals surface area contributed by atoms with Crippen molar-refractivity contribution in [3.8, 4) is 0 Å². The molecule has 2 aliphatic rings. The number of alkyl halides is 3. The van der Waals surface area contributed by atoms with Crippen LogP contribution in [0.25, 0.3) is 0 Å². The van der Waals surface area contributed by atoms with Gasteiger partial charge in [0.2, 0.25) is 0 Å². The molecule has 2 unspecified atom stereocenters. The van der Waals surface area contributed by atoms with Crippen LogP contribution in [0, 0.1) is 0 Å². The zero-order valence-electron chi connectivity index (χ0n) is 8.75. The van der Waals surface area contributed by atoms with Gasteiger partial charge in [0.05, 0.1) is 10.6 Å². The van der Waals surface area contributed by atoms with Crippen LogP contribution >= 0.6 is 11.6 Å². The van der Waals surface area contributed by atoms with Crippen molar-refractivity contribution in [3.05, 3.63) is 34.5 Å². The molecule has 0 saturated carbocycles. The van der Waals surface area contributed by atoms with Crippen LogP contribution in [0.15, 0.2) is 34.5 Å². The van der Waals surface area contributed by atoms with Gasteiger partial charge in [-0.25, -0.2) is 4.79 Å². The fourth-order valence-corrected chi connectivity index (χ4v) is 1.98. The minimum absolute atomic E-state index is 0.287. The van der Waals surface area contributed by atoms with Gasteiger partial charge < -0.3 is 10.4 Å². The summed E-state index contributed by atoms with van der Waals surface area (Å²) in [5.74, 6) is -1.62. The Balaban J connectivity index is 2.43. The molecule has 0 bridgehead atoms. The first kappa shape index (κ1) is 13.0. The van der Waals surface area contributed by atoms with E-state index >= 15 is 0 Å². The summed E-state index contributed by atoms with van der Waals surface area (Å²) in [6.45, 7) is 0. The molecule has 0 fully saturated rings. The van der Waals surface area contributed by atoms with E-state index in [0.717, 1.165) is 6.08 Å². The third-order valence-corrected chi connectivity index (χ3v) is 2.78. The molecule has 0 saturated heterocycles. The second kappa shape index (κ2) is 4.33. The summed E-state index contributed by atoms with van der Waals surface area (Å²) in [6.07, 6.45) is -1.74. The van der Waals surface area contributed by atoms with Crippen molar-refractivity contribution in [2.75, 3.05) is 0 Å². The van der Waals surface area contributed by atoms with Crippen molar-refractivity contribution in [3.63, 3.8) is 0 Å². The monoisotopic (exact) mass is 280 g/mol. The molecule has 0 aromatic heterocycles. The average Bonchev–Trinajstić information content (AvgIpc) is 2.25. The van der Waals surface area contributed by atoms with Gasteiger partial charge >= 0.3 is 12.1 Å². The van der Waals surface area contributed by atoms with Crippen LogP contribution in [0.5, 0.6) is 0 Å². The van der Waals surface area contributed by atoms with Gasteiger partial charge in [0, 0.05) is 6.20 Å². The molecule has 2 rings (SSSR count). The Morgan fingerprint density at radius 3 is 2.61 bits per heavy atom. The van der Waals surface area contributed by atoms with E-state index in [1.54, 1.807) is 0 Å². The van der Waals surface area contributed by atoms with E-state index in [2.05, 4.69) is 10.6 Å². The normalized spacial score (nSPS) is 27.4. The first-order chi connectivity index (χ1) is 8.29. The number of halogens is 4. The fourth-order valence-electron chi connectivity index (χ4n) is 1.79. The first-order valence-electron chi connectivity index (χ1n) is 4.90. The smallest absolute Gasteiger partial charge is 0.408 e. The number of carbonyl (C=O) groups is 1. The molecule has 0 radical (unpaired) electrons. The van der Waals surface area contributed by atoms with Crippen LogP contribution in [0.1, 0.15) is 0 Å². The van der Waals surface area contributed by atoms with E-state index in [0.29, 0.717) is 5.57 Å². The zero-order valence-corrected chi connectivity index (χ0v) is 9.51. The number of rotatable bonds is 1. The zero-order chi connectivity index (χ0) is 13.5. The summed E-state index contributed by atoms with van der Waals surface area (Å²) >= 11 is 5.69. The minimum Gasteiger partial charge on any atom is -0.478 e. The summed E-state index contributed by atoms with van der Waals surface area (Å²) in [5.41, 5.74) is -0.404. The molecule has 0 aromatic carbocycles. The highest BCUT2D eigenvalue weighted by molar-refractivity contribution is 6.31. The van der Waals surface area contributed by atoms with Crippen molar-refractivity contribution >= 4 is 17.6 Å². The molecular formula is C10H8ClF3N2O2. The number of fused-ring (bicyclic) bond motifs is 1. The Hall–Kier alpha value is -1.47. The predicted molar refractivity (Wildman–Crippen MR) is 57.6 cm³/mol. The molecule has 0 aromatic rings. The summed E-state index contributed by atoms with van der Waals surface area (Å²) < 4.78 is 38.2. The number of hydrogen-bond acceptors (Lipinski definition) is 3. The highest BCUT2D eigenvalue weighted by Crippen LogP contribution is 2.31. The summed E-state index contributed by atoms with van der Waals surface area (Å²) in [4.78, 5) is 10.9. The Kier molecular flexibility index (Phi) is 3.12. The second-order valence-electron chi connectivity index (χ2n) is 3.82. The van der Waals surface area contributed by atoms with Gasteiger partial charge in [-0.2, -0.15) is 13.2 Å². The Bertz CT molecular complexity index is 482. The van der Waals surface area contributed by atoms with E-state index in [1.165, 1.54) is 12.3 Å². The molecule has 98 valence electrons. The largest absolute Gasteiger partial charge is 0.478 e. The van der Waals surface area contributed by atoms with E-state index in [4.69, 9.17) is 16.7 Å². The lowest BCUT2D eigenvalue weighted by Crippen LogP contribution is -2.57. The molecule has 3 N–H and O–H groups in total. The van der Waals surface area contributed by atoms with Gasteiger partial charge in [-0.3, -0.25) is 5.32 Å². The van der Waals surface area contributed by atoms with Crippen LogP contribution in [0.4, 0.5) is 13.2 Å². The van der Waals surface area contributed by atoms with Gasteiger partial charge in [0.25, 0.3) is 0 Å². The van der Waals surface area contributed by atoms with E-state index in [-0.39, 0.29) is 5.03 Å². The predicted octanol–water partition coefficient (Wildman–Crippen LogP) is 1.47. The number of aliphatic carboxylic acids is 1. The molecule has 0 spiro atoms. The maximum Gasteiger partial charge on any atom is 0.408 e. The Labute approximate surface area is 105 Å². The highest BCUT2D eigenvalue weighted by atomic mass is 35.5. The lowest BCUT2D eigenvalue weighted by atomic mass is 9.95. The number of hydrogen-bond donors (Lipinski definition) is 3. The lowest BCUT2D eigenvalue weighted by molar-refractivity contribution is -0.157. The quantitative estimate of drug-likeness (QED) is 0.681. The maximum atomic E-state index is 12.7. The van der Waals surface area contributed by atoms with Crippen LogP contribution in [-0.2, 0) is 4.79 Å². The third kappa shape index (κ3) is 2.37. The van der Waals surface area contributed by atoms with Crippen molar-refractivity contribution in [1.29, 1.82) is 0 Å². The second-order valence-corrected chi connectivity index (χ2v) is 4.26. The fraction of sp³-hybridized carbons (Fsp3) is 0.300. The SMILES string of the molecule is O=C(O)C1=CC2=CC(Cl)=CNC2NC1C(F)(F)F. The summed E-state index contributed by atoms with van der Waals surface area (Å²) in [7, 11) is 0. The standard InChI is InChI=1S/C10H8ClF3N2O2/c11-5-1-4-2-6(9(17)18)7(10(12,13)14)16-8(4)15-3-5/h1-3,7-8,15-16H,(H,17,18). The maximum absolute atomic E-state index is 12.7. The molecule has 2 aliphatic heterocycles. The molecule has 4 nitrogen and oxygen atoms in total. The van der Waals surface area contributed by atoms with Gasteiger partial charge in [-0.1, -0.05) is 11.6 Å². The lowest BCUT2D eigenvalue weighted by Gasteiger charge is -2.34. The van der Waals surface area contributed by atoms with Gasteiger partial charge in [-0.05, 0) is 17.7 Å². The van der Waals surface area contributed by atoms with Gasteiger partial charge in [-0.15, -0.1) is 0 Å². The van der Waals surface area contributed by atoms with Crippen LogP contribution in [0.2, 0.25) is 0 Å². The van der Waals surface area contributed by atoms with Crippen LogP contribution in [-0.4, -0.2) is 29.5 Å². The molecule has 2 atom stereocenters. The van der Waals surface area contributed by atoms with E-state index in [1.807, 2.05) is 0 Å². The molecule has 8 heteroatoms. The van der Waals surface area contributed by atoms with Gasteiger partial charge in [0.15, 0.2) is 0 Å². The average molecular weight is 281 g/mol. The third-order valence-electron chi connectivity index (χ3n) is 2.57. The van der Waals surface area contributed by atoms with Crippen molar-refractivity contribution in [1.82, 2.24) is 10.6 Å². The highest BCUT2D eigenvalue weighted by Gasteiger charge is 2.47. The van der Waals surface area contributed by atoms with E-state index in [9.17, 15) is 18.0 Å². The van der Waals surface area contributed by atoms with Crippen LogP contribution < -0.4 is 10.6 Å². The molecule has 2 heterocycles. The van der Waals surface area contributed by atoms with Crippen LogP contribution in [0.3, 0.4) is 0 Å².